The Hall–Kier alpha value is -3.95. The number of halogens is 2. The van der Waals surface area contributed by atoms with Gasteiger partial charge in [-0.1, -0.05) is 29.3 Å². The molecule has 0 unspecified atom stereocenters. The fourth-order valence-electron chi connectivity index (χ4n) is 3.15. The minimum atomic E-state index is -0.962. The van der Waals surface area contributed by atoms with Gasteiger partial charge in [0.1, 0.15) is 18.1 Å². The first kappa shape index (κ1) is 27.6. The first-order valence-corrected chi connectivity index (χ1v) is 11.6. The summed E-state index contributed by atoms with van der Waals surface area (Å²) in [5.74, 6) is -0.0919. The summed E-state index contributed by atoms with van der Waals surface area (Å²) in [5.41, 5.74) is 4.37. The van der Waals surface area contributed by atoms with Crippen LogP contribution in [0.25, 0.3) is 0 Å². The Morgan fingerprint density at radius 3 is 2.24 bits per heavy atom. The molecule has 0 aliphatic carbocycles. The third-order valence-corrected chi connectivity index (χ3v) is 5.75. The maximum atomic E-state index is 12.4. The van der Waals surface area contributed by atoms with Gasteiger partial charge in [-0.2, -0.15) is 5.10 Å². The van der Waals surface area contributed by atoms with Gasteiger partial charge in [0, 0.05) is 27.2 Å². The summed E-state index contributed by atoms with van der Waals surface area (Å²) >= 11 is 12.1. The molecule has 0 atom stereocenters. The zero-order chi connectivity index (χ0) is 26.9. The van der Waals surface area contributed by atoms with Crippen LogP contribution in [0, 0.1) is 0 Å². The molecule has 3 aromatic carbocycles. The number of nitrogens with zero attached hydrogens (tertiary/aromatic N) is 1. The van der Waals surface area contributed by atoms with Crippen LogP contribution in [0.5, 0.6) is 23.0 Å². The van der Waals surface area contributed by atoms with Crippen molar-refractivity contribution >= 4 is 46.4 Å². The van der Waals surface area contributed by atoms with Crippen molar-refractivity contribution in [3.05, 3.63) is 75.8 Å². The fourth-order valence-corrected chi connectivity index (χ4v) is 3.61. The highest BCUT2D eigenvalue weighted by Crippen LogP contribution is 2.31. The van der Waals surface area contributed by atoms with E-state index in [1.807, 2.05) is 0 Å². The van der Waals surface area contributed by atoms with Gasteiger partial charge in [0.05, 0.1) is 32.7 Å². The second kappa shape index (κ2) is 12.8. The summed E-state index contributed by atoms with van der Waals surface area (Å²) in [4.78, 5) is 24.7. The number of rotatable bonds is 9. The summed E-state index contributed by atoms with van der Waals surface area (Å²) in [6.07, 6.45) is 0. The molecule has 11 heteroatoms. The number of hydrogen-bond acceptors (Lipinski definition) is 7. The average molecular weight is 546 g/mol. The Kier molecular flexibility index (Phi) is 9.59. The van der Waals surface area contributed by atoms with Gasteiger partial charge >= 0.3 is 11.8 Å². The van der Waals surface area contributed by atoms with Crippen LogP contribution in [0.15, 0.2) is 59.7 Å². The largest absolute Gasteiger partial charge is 0.497 e. The number of ether oxygens (including phenoxy) is 4. The van der Waals surface area contributed by atoms with Gasteiger partial charge in [-0.25, -0.2) is 5.43 Å². The van der Waals surface area contributed by atoms with Crippen molar-refractivity contribution in [3.8, 4) is 23.0 Å². The van der Waals surface area contributed by atoms with Gasteiger partial charge in [0.25, 0.3) is 0 Å². The Labute approximate surface area is 224 Å². The molecule has 0 fully saturated rings. The molecule has 0 aromatic heterocycles. The molecule has 0 spiro atoms. The van der Waals surface area contributed by atoms with Crippen molar-refractivity contribution in [1.82, 2.24) is 5.43 Å². The lowest BCUT2D eigenvalue weighted by Crippen LogP contribution is -2.33. The summed E-state index contributed by atoms with van der Waals surface area (Å²) < 4.78 is 21.6. The van der Waals surface area contributed by atoms with Crippen LogP contribution in [0.1, 0.15) is 18.1 Å². The van der Waals surface area contributed by atoms with Gasteiger partial charge < -0.3 is 24.3 Å². The molecule has 3 rings (SSSR count). The molecule has 3 aromatic rings. The number of hydrazone groups is 1. The lowest BCUT2D eigenvalue weighted by molar-refractivity contribution is -0.136. The maximum Gasteiger partial charge on any atom is 0.329 e. The molecule has 0 radical (unpaired) electrons. The number of benzene rings is 3. The molecule has 0 saturated heterocycles. The second-order valence-electron chi connectivity index (χ2n) is 7.55. The number of amides is 2. The number of carbonyl (C=O) groups is 2. The average Bonchev–Trinajstić information content (AvgIpc) is 2.90. The number of carbonyl (C=O) groups excluding carboxylic acids is 2. The molecule has 0 aliphatic heterocycles. The Balaban J connectivity index is 1.66. The van der Waals surface area contributed by atoms with Crippen molar-refractivity contribution in [2.75, 3.05) is 26.6 Å². The van der Waals surface area contributed by atoms with E-state index in [4.69, 9.17) is 42.1 Å². The molecular weight excluding hydrogens is 521 g/mol. The lowest BCUT2D eigenvalue weighted by atomic mass is 10.1. The first-order chi connectivity index (χ1) is 17.7. The number of nitrogens with one attached hydrogen (secondary N) is 2. The van der Waals surface area contributed by atoms with Crippen LogP contribution in [0.2, 0.25) is 10.0 Å². The summed E-state index contributed by atoms with van der Waals surface area (Å²) in [5, 5.41) is 7.54. The zero-order valence-corrected chi connectivity index (χ0v) is 22.1. The molecule has 2 N–H and O–H groups in total. The first-order valence-electron chi connectivity index (χ1n) is 10.9. The zero-order valence-electron chi connectivity index (χ0n) is 20.6. The highest BCUT2D eigenvalue weighted by molar-refractivity contribution is 6.39. The van der Waals surface area contributed by atoms with Crippen LogP contribution in [0.4, 0.5) is 5.69 Å². The Bertz CT molecular complexity index is 1330. The van der Waals surface area contributed by atoms with Crippen LogP contribution >= 0.6 is 23.2 Å². The van der Waals surface area contributed by atoms with E-state index in [0.717, 1.165) is 5.56 Å². The van der Waals surface area contributed by atoms with E-state index in [1.54, 1.807) is 55.5 Å². The molecule has 0 aliphatic rings. The van der Waals surface area contributed by atoms with Crippen LogP contribution in [-0.4, -0.2) is 38.9 Å². The van der Waals surface area contributed by atoms with Crippen molar-refractivity contribution in [1.29, 1.82) is 0 Å². The SMILES string of the molecule is COc1ccc(OC)c(NC(=O)C(=O)N/N=C(\C)c2ccc(OCc3ccc(Cl)cc3Cl)c(OC)c2)c1. The summed E-state index contributed by atoms with van der Waals surface area (Å²) in [6.45, 7) is 1.88. The van der Waals surface area contributed by atoms with E-state index in [9.17, 15) is 9.59 Å². The molecule has 9 nitrogen and oxygen atoms in total. The van der Waals surface area contributed by atoms with Gasteiger partial charge in [-0.3, -0.25) is 9.59 Å². The maximum absolute atomic E-state index is 12.4. The second-order valence-corrected chi connectivity index (χ2v) is 8.39. The summed E-state index contributed by atoms with van der Waals surface area (Å²) in [7, 11) is 4.44. The smallest absolute Gasteiger partial charge is 0.329 e. The van der Waals surface area contributed by atoms with Gasteiger partial charge in [0.2, 0.25) is 0 Å². The van der Waals surface area contributed by atoms with Crippen molar-refractivity contribution in [3.63, 3.8) is 0 Å². The highest BCUT2D eigenvalue weighted by atomic mass is 35.5. The van der Waals surface area contributed by atoms with Crippen molar-refractivity contribution < 1.29 is 28.5 Å². The van der Waals surface area contributed by atoms with Crippen molar-refractivity contribution in [2.24, 2.45) is 5.10 Å². The van der Waals surface area contributed by atoms with Gasteiger partial charge in [0.15, 0.2) is 11.5 Å². The Morgan fingerprint density at radius 2 is 1.57 bits per heavy atom. The fraction of sp³-hybridized carbons (Fsp3) is 0.192. The van der Waals surface area contributed by atoms with Crippen LogP contribution < -0.4 is 29.7 Å². The van der Waals surface area contributed by atoms with Gasteiger partial charge in [-0.15, -0.1) is 0 Å². The molecule has 0 heterocycles. The normalized spacial score (nSPS) is 10.9. The van der Waals surface area contributed by atoms with E-state index in [1.165, 1.54) is 27.4 Å². The predicted octanol–water partition coefficient (Wildman–Crippen LogP) is 5.08. The van der Waals surface area contributed by atoms with Crippen LogP contribution in [0.3, 0.4) is 0 Å². The number of anilines is 1. The standard InChI is InChI=1S/C26H25Cl2N3O6/c1-15(30-31-26(33)25(32)29-21-13-19(34-2)8-10-22(21)35-3)16-6-9-23(24(11-16)36-4)37-14-17-5-7-18(27)12-20(17)28/h5-13H,14H2,1-4H3,(H,29,32)(H,31,33)/b30-15+. The van der Waals surface area contributed by atoms with E-state index in [2.05, 4.69) is 15.8 Å². The van der Waals surface area contributed by atoms with Crippen LogP contribution in [-0.2, 0) is 16.2 Å². The van der Waals surface area contributed by atoms with Gasteiger partial charge in [-0.05, 0) is 49.4 Å². The minimum Gasteiger partial charge on any atom is -0.497 e. The number of hydrogen-bond donors (Lipinski definition) is 2. The van der Waals surface area contributed by atoms with E-state index < -0.39 is 11.8 Å². The molecule has 2 amide bonds. The predicted molar refractivity (Wildman–Crippen MR) is 142 cm³/mol. The third-order valence-electron chi connectivity index (χ3n) is 5.17. The van der Waals surface area contributed by atoms with E-state index in [-0.39, 0.29) is 12.3 Å². The number of methoxy groups -OCH3 is 3. The lowest BCUT2D eigenvalue weighted by Gasteiger charge is -2.13. The third kappa shape index (κ3) is 7.28. The minimum absolute atomic E-state index is 0.210. The molecule has 194 valence electrons. The molecular formula is C26H25Cl2N3O6. The Morgan fingerprint density at radius 1 is 0.838 bits per heavy atom. The summed E-state index contributed by atoms with van der Waals surface area (Å²) in [6, 6.07) is 15.1. The van der Waals surface area contributed by atoms with E-state index in [0.29, 0.717) is 44.3 Å². The monoisotopic (exact) mass is 545 g/mol. The highest BCUT2D eigenvalue weighted by Gasteiger charge is 2.17. The molecule has 0 saturated carbocycles. The molecule has 37 heavy (non-hydrogen) atoms. The van der Waals surface area contributed by atoms with E-state index >= 15 is 0 Å². The topological polar surface area (TPSA) is 107 Å². The molecule has 0 bridgehead atoms. The quantitative estimate of drug-likeness (QED) is 0.220. The van der Waals surface area contributed by atoms with Crippen molar-refractivity contribution in [2.45, 2.75) is 13.5 Å².